The Bertz CT molecular complexity index is 781. The summed E-state index contributed by atoms with van der Waals surface area (Å²) in [6.07, 6.45) is -0.292. The molecule has 1 aliphatic heterocycles. The molecule has 0 aliphatic carbocycles. The summed E-state index contributed by atoms with van der Waals surface area (Å²) >= 11 is 0. The Morgan fingerprint density at radius 1 is 1.24 bits per heavy atom. The lowest BCUT2D eigenvalue weighted by molar-refractivity contribution is -0.131. The number of ether oxygens (including phenoxy) is 1. The molecule has 0 bridgehead atoms. The van der Waals surface area contributed by atoms with Gasteiger partial charge < -0.3 is 14.7 Å². The Labute approximate surface area is 144 Å². The Hall–Kier alpha value is -2.47. The van der Waals surface area contributed by atoms with Crippen LogP contribution in [0.25, 0.3) is 0 Å². The van der Waals surface area contributed by atoms with E-state index in [2.05, 4.69) is 0 Å². The second-order valence-electron chi connectivity index (χ2n) is 6.11. The molecule has 3 rings (SSSR count). The zero-order chi connectivity index (χ0) is 18.0. The first-order valence-electron chi connectivity index (χ1n) is 8.04. The van der Waals surface area contributed by atoms with Crippen molar-refractivity contribution in [2.45, 2.75) is 25.0 Å². The van der Waals surface area contributed by atoms with E-state index in [9.17, 15) is 18.7 Å². The van der Waals surface area contributed by atoms with Gasteiger partial charge in [0.05, 0.1) is 25.7 Å². The van der Waals surface area contributed by atoms with E-state index in [4.69, 9.17) is 4.74 Å². The van der Waals surface area contributed by atoms with Gasteiger partial charge in [-0.1, -0.05) is 24.3 Å². The number of carbonyl (C=O) groups is 1. The molecule has 1 aliphatic rings. The molecule has 6 heteroatoms. The number of hydrogen-bond acceptors (Lipinski definition) is 3. The number of methoxy groups -OCH3 is 1. The maximum absolute atomic E-state index is 13.5. The number of β-amino-alcohol motifs (C(OH)–C–C–N with tert-alkyl or cyclic N) is 1. The van der Waals surface area contributed by atoms with Crippen LogP contribution in [0.2, 0.25) is 0 Å². The van der Waals surface area contributed by atoms with Crippen LogP contribution < -0.4 is 4.74 Å². The van der Waals surface area contributed by atoms with Gasteiger partial charge in [-0.25, -0.2) is 8.78 Å². The number of aliphatic hydroxyl groups excluding tert-OH is 1. The molecule has 1 heterocycles. The number of para-hydroxylation sites is 1. The van der Waals surface area contributed by atoms with Crippen LogP contribution in [0.4, 0.5) is 8.78 Å². The Balaban J connectivity index is 1.83. The molecule has 132 valence electrons. The SMILES string of the molecule is COc1ccccc1CC(=O)N1C[C@@H](O)C[C@H]1c1ccc(F)c(F)c1. The van der Waals surface area contributed by atoms with E-state index in [-0.39, 0.29) is 18.9 Å². The van der Waals surface area contributed by atoms with E-state index in [1.54, 1.807) is 12.1 Å². The predicted molar refractivity (Wildman–Crippen MR) is 88.1 cm³/mol. The third-order valence-electron chi connectivity index (χ3n) is 4.46. The number of rotatable bonds is 4. The van der Waals surface area contributed by atoms with Crippen LogP contribution in [0.15, 0.2) is 42.5 Å². The largest absolute Gasteiger partial charge is 0.496 e. The molecule has 1 fully saturated rings. The van der Waals surface area contributed by atoms with Crippen molar-refractivity contribution in [1.29, 1.82) is 0 Å². The highest BCUT2D eigenvalue weighted by atomic mass is 19.2. The number of nitrogens with zero attached hydrogens (tertiary/aromatic N) is 1. The Morgan fingerprint density at radius 2 is 2.00 bits per heavy atom. The maximum Gasteiger partial charge on any atom is 0.227 e. The van der Waals surface area contributed by atoms with Crippen molar-refractivity contribution >= 4 is 5.91 Å². The summed E-state index contributed by atoms with van der Waals surface area (Å²) in [6.45, 7) is 0.164. The molecule has 2 atom stereocenters. The molecule has 1 N–H and O–H groups in total. The van der Waals surface area contributed by atoms with E-state index >= 15 is 0 Å². The molecule has 2 aromatic rings. The van der Waals surface area contributed by atoms with Crippen LogP contribution in [0.1, 0.15) is 23.6 Å². The molecule has 2 aromatic carbocycles. The maximum atomic E-state index is 13.5. The molecule has 4 nitrogen and oxygen atoms in total. The molecule has 25 heavy (non-hydrogen) atoms. The summed E-state index contributed by atoms with van der Waals surface area (Å²) in [5.41, 5.74) is 1.21. The standard InChI is InChI=1S/C19H19F2NO3/c1-25-18-5-3-2-4-13(18)9-19(24)22-11-14(23)10-17(22)12-6-7-15(20)16(21)8-12/h2-8,14,17,23H,9-11H2,1H3/t14-,17-/m0/s1. The lowest BCUT2D eigenvalue weighted by Crippen LogP contribution is -2.33. The van der Waals surface area contributed by atoms with Gasteiger partial charge in [0.15, 0.2) is 11.6 Å². The molecule has 0 unspecified atom stereocenters. The van der Waals surface area contributed by atoms with Crippen LogP contribution in [-0.4, -0.2) is 35.7 Å². The van der Waals surface area contributed by atoms with Crippen LogP contribution in [0.5, 0.6) is 5.75 Å². The van der Waals surface area contributed by atoms with Crippen molar-refractivity contribution in [1.82, 2.24) is 4.90 Å². The van der Waals surface area contributed by atoms with Crippen LogP contribution in [0.3, 0.4) is 0 Å². The van der Waals surface area contributed by atoms with Gasteiger partial charge in [-0.15, -0.1) is 0 Å². The Kier molecular flexibility index (Phi) is 4.99. The van der Waals surface area contributed by atoms with Gasteiger partial charge in [0.2, 0.25) is 5.91 Å². The summed E-state index contributed by atoms with van der Waals surface area (Å²) in [5.74, 6) is -1.49. The van der Waals surface area contributed by atoms with Crippen LogP contribution in [-0.2, 0) is 11.2 Å². The highest BCUT2D eigenvalue weighted by Gasteiger charge is 2.35. The van der Waals surface area contributed by atoms with Crippen molar-refractivity contribution in [2.24, 2.45) is 0 Å². The molecule has 0 aromatic heterocycles. The van der Waals surface area contributed by atoms with Gasteiger partial charge in [-0.2, -0.15) is 0 Å². The van der Waals surface area contributed by atoms with Gasteiger partial charge in [0, 0.05) is 12.1 Å². The van der Waals surface area contributed by atoms with Crippen molar-refractivity contribution in [3.63, 3.8) is 0 Å². The average Bonchev–Trinajstić information content (AvgIpc) is 3.00. The summed E-state index contributed by atoms with van der Waals surface area (Å²) in [7, 11) is 1.53. The molecular formula is C19H19F2NO3. The first kappa shape index (κ1) is 17.4. The number of carbonyl (C=O) groups excluding carboxylic acids is 1. The predicted octanol–water partition coefficient (Wildman–Crippen LogP) is 2.85. The fourth-order valence-corrected chi connectivity index (χ4v) is 3.24. The summed E-state index contributed by atoms with van der Waals surface area (Å²) in [4.78, 5) is 14.3. The molecule has 0 saturated carbocycles. The van der Waals surface area contributed by atoms with Gasteiger partial charge in [0.1, 0.15) is 5.75 Å². The summed E-state index contributed by atoms with van der Waals surface area (Å²) < 4.78 is 32.0. The number of aliphatic hydroxyl groups is 1. The summed E-state index contributed by atoms with van der Waals surface area (Å²) in [6, 6.07) is 10.3. The zero-order valence-corrected chi connectivity index (χ0v) is 13.8. The van der Waals surface area contributed by atoms with Crippen molar-refractivity contribution in [2.75, 3.05) is 13.7 Å². The molecular weight excluding hydrogens is 328 g/mol. The van der Waals surface area contributed by atoms with Crippen LogP contribution >= 0.6 is 0 Å². The highest BCUT2D eigenvalue weighted by Crippen LogP contribution is 2.33. The lowest BCUT2D eigenvalue weighted by atomic mass is 10.0. The molecule has 0 radical (unpaired) electrons. The lowest BCUT2D eigenvalue weighted by Gasteiger charge is -2.25. The second-order valence-corrected chi connectivity index (χ2v) is 6.11. The molecule has 1 saturated heterocycles. The van der Waals surface area contributed by atoms with Gasteiger partial charge in [0.25, 0.3) is 0 Å². The first-order chi connectivity index (χ1) is 12.0. The number of hydrogen-bond donors (Lipinski definition) is 1. The number of benzene rings is 2. The van der Waals surface area contributed by atoms with Crippen molar-refractivity contribution in [3.8, 4) is 5.75 Å². The molecule has 0 spiro atoms. The quantitative estimate of drug-likeness (QED) is 0.925. The van der Waals surface area contributed by atoms with Gasteiger partial charge >= 0.3 is 0 Å². The van der Waals surface area contributed by atoms with Gasteiger partial charge in [-0.05, 0) is 30.2 Å². The van der Waals surface area contributed by atoms with E-state index < -0.39 is 23.8 Å². The van der Waals surface area contributed by atoms with E-state index in [0.29, 0.717) is 17.7 Å². The smallest absolute Gasteiger partial charge is 0.227 e. The summed E-state index contributed by atoms with van der Waals surface area (Å²) in [5, 5.41) is 9.98. The van der Waals surface area contributed by atoms with Crippen LogP contribution in [0, 0.1) is 11.6 Å². The van der Waals surface area contributed by atoms with E-state index in [1.807, 2.05) is 12.1 Å². The topological polar surface area (TPSA) is 49.8 Å². The van der Waals surface area contributed by atoms with E-state index in [0.717, 1.165) is 17.7 Å². The highest BCUT2D eigenvalue weighted by molar-refractivity contribution is 5.80. The third-order valence-corrected chi connectivity index (χ3v) is 4.46. The third kappa shape index (κ3) is 3.64. The fourth-order valence-electron chi connectivity index (χ4n) is 3.24. The molecule has 1 amide bonds. The number of halogens is 2. The average molecular weight is 347 g/mol. The van der Waals surface area contributed by atoms with Crippen molar-refractivity contribution in [3.05, 3.63) is 65.2 Å². The van der Waals surface area contributed by atoms with Gasteiger partial charge in [-0.3, -0.25) is 4.79 Å². The Morgan fingerprint density at radius 3 is 2.72 bits per heavy atom. The monoisotopic (exact) mass is 347 g/mol. The number of likely N-dealkylation sites (tertiary alicyclic amines) is 1. The minimum atomic E-state index is -0.962. The second kappa shape index (κ2) is 7.19. The first-order valence-corrected chi connectivity index (χ1v) is 8.04. The zero-order valence-electron chi connectivity index (χ0n) is 13.8. The minimum Gasteiger partial charge on any atom is -0.496 e. The minimum absolute atomic E-state index is 0.108. The van der Waals surface area contributed by atoms with Crippen molar-refractivity contribution < 1.29 is 23.4 Å². The number of amides is 1. The fraction of sp³-hybridized carbons (Fsp3) is 0.316. The normalized spacial score (nSPS) is 19.9. The van der Waals surface area contributed by atoms with E-state index in [1.165, 1.54) is 18.1 Å².